The number of nitrogens with one attached hydrogen (secondary N) is 1. The molecule has 2 aromatic rings. The summed E-state index contributed by atoms with van der Waals surface area (Å²) in [7, 11) is -3.87. The fraction of sp³-hybridized carbons (Fsp3) is 0.238. The van der Waals surface area contributed by atoms with Crippen LogP contribution < -0.4 is 10.4 Å². The third kappa shape index (κ3) is 4.57. The topological polar surface area (TPSA) is 81.1 Å². The fourth-order valence-corrected chi connectivity index (χ4v) is 7.43. The number of aryl methyl sites for hydroxylation is 3. The van der Waals surface area contributed by atoms with Crippen LogP contribution in [-0.4, -0.2) is 23.7 Å². The molecule has 0 atom stereocenters. The van der Waals surface area contributed by atoms with Gasteiger partial charge in [-0.2, -0.15) is 4.98 Å². The van der Waals surface area contributed by atoms with E-state index < -0.39 is 15.7 Å². The highest BCUT2D eigenvalue weighted by atomic mass is 32.2. The van der Waals surface area contributed by atoms with Gasteiger partial charge in [-0.25, -0.2) is 13.2 Å². The van der Waals surface area contributed by atoms with Gasteiger partial charge in [-0.1, -0.05) is 23.8 Å². The molecule has 1 N–H and O–H groups in total. The largest absolute Gasteiger partial charge is 0.354 e. The zero-order valence-corrected chi connectivity index (χ0v) is 20.5. The molecule has 0 saturated carbocycles. The van der Waals surface area contributed by atoms with Gasteiger partial charge >= 0.3 is 5.69 Å². The number of sulfonamides is 1. The summed E-state index contributed by atoms with van der Waals surface area (Å²) >= 11 is 4.88. The number of imidazole rings is 1. The molecular weight excluding hydrogens is 471 g/mol. The normalized spacial score (nSPS) is 11.8. The van der Waals surface area contributed by atoms with Crippen molar-refractivity contribution in [2.45, 2.75) is 36.3 Å². The number of rotatable bonds is 7. The highest BCUT2D eigenvalue weighted by molar-refractivity contribution is 8.01. The molecule has 0 radical (unpaired) electrons. The quantitative estimate of drug-likeness (QED) is 0.374. The molecule has 1 aromatic carbocycles. The van der Waals surface area contributed by atoms with Gasteiger partial charge in [0, 0.05) is 21.2 Å². The summed E-state index contributed by atoms with van der Waals surface area (Å²) in [5, 5.41) is 2.05. The van der Waals surface area contributed by atoms with Crippen molar-refractivity contribution in [2.24, 2.45) is 0 Å². The summed E-state index contributed by atoms with van der Waals surface area (Å²) in [5.74, 6) is 0.891. The number of hydrogen-bond donors (Lipinski definition) is 1. The second kappa shape index (κ2) is 8.78. The van der Waals surface area contributed by atoms with Crippen LogP contribution in [0.25, 0.3) is 5.69 Å². The monoisotopic (exact) mass is 491 g/mol. The van der Waals surface area contributed by atoms with Crippen LogP contribution in [0.2, 0.25) is 0 Å². The number of benzene rings is 1. The number of aromatic nitrogens is 2. The van der Waals surface area contributed by atoms with E-state index in [1.807, 2.05) is 26.8 Å². The maximum absolute atomic E-state index is 12.9. The van der Waals surface area contributed by atoms with Crippen LogP contribution in [0.3, 0.4) is 0 Å². The second-order valence-corrected chi connectivity index (χ2v) is 12.4. The van der Waals surface area contributed by atoms with E-state index in [1.54, 1.807) is 58.7 Å². The summed E-state index contributed by atoms with van der Waals surface area (Å²) in [6.45, 7) is 5.70. The van der Waals surface area contributed by atoms with E-state index in [2.05, 4.69) is 21.2 Å². The van der Waals surface area contributed by atoms with Crippen molar-refractivity contribution in [1.82, 2.24) is 9.55 Å². The number of thioether (sulfide) groups is 1. The smallest absolute Gasteiger partial charge is 0.261 e. The van der Waals surface area contributed by atoms with E-state index in [1.165, 1.54) is 9.44 Å². The standard InChI is InChI=1S/C21H21N3O3S4/c1-13-6-8-17(9-7-13)31(26,27)23-19-18-20(29-12-10-16-5-4-11-28-16)30-15(3)14(2)24(18)21(25)22-19/h4-9,11H,10,12H2,1-3H3,(H,22,23,25). The average molecular weight is 492 g/mol. The summed E-state index contributed by atoms with van der Waals surface area (Å²) in [6.07, 6.45) is 0.900. The van der Waals surface area contributed by atoms with Crippen LogP contribution in [0.15, 0.2) is 55.7 Å². The molecule has 0 spiro atoms. The molecule has 31 heavy (non-hydrogen) atoms. The average Bonchev–Trinajstić information content (AvgIpc) is 3.34. The minimum atomic E-state index is -3.87. The Kier molecular flexibility index (Phi) is 6.25. The van der Waals surface area contributed by atoms with E-state index >= 15 is 0 Å². The summed E-state index contributed by atoms with van der Waals surface area (Å²) in [5.41, 5.74) is 1.77. The molecule has 0 unspecified atom stereocenters. The molecular formula is C21H21N3O3S4. The molecule has 162 valence electrons. The first-order chi connectivity index (χ1) is 14.8. The zero-order valence-electron chi connectivity index (χ0n) is 17.2. The van der Waals surface area contributed by atoms with Crippen LogP contribution in [0.5, 0.6) is 0 Å². The molecule has 0 bridgehead atoms. The number of hydrogen-bond acceptors (Lipinski definition) is 7. The molecule has 0 saturated heterocycles. The third-order valence-corrected chi connectivity index (χ3v) is 9.59. The first-order valence-electron chi connectivity index (χ1n) is 9.53. The van der Waals surface area contributed by atoms with Gasteiger partial charge in [0.15, 0.2) is 5.82 Å². The summed E-state index contributed by atoms with van der Waals surface area (Å²) in [4.78, 5) is 19.1. The van der Waals surface area contributed by atoms with Crippen molar-refractivity contribution < 1.29 is 8.42 Å². The lowest BCUT2D eigenvalue weighted by Crippen LogP contribution is -2.17. The van der Waals surface area contributed by atoms with E-state index in [9.17, 15) is 13.2 Å². The maximum Gasteiger partial charge on any atom is 0.354 e. The van der Waals surface area contributed by atoms with Gasteiger partial charge in [0.25, 0.3) is 10.0 Å². The maximum atomic E-state index is 12.9. The molecule has 0 aliphatic carbocycles. The Morgan fingerprint density at radius 3 is 2.55 bits per heavy atom. The zero-order chi connectivity index (χ0) is 22.2. The number of thiophene rings is 1. The number of nitrogens with zero attached hydrogens (tertiary/aromatic N) is 2. The van der Waals surface area contributed by atoms with Crippen molar-refractivity contribution in [3.05, 3.63) is 73.3 Å². The van der Waals surface area contributed by atoms with Gasteiger partial charge in [0.1, 0.15) is 5.69 Å². The van der Waals surface area contributed by atoms with Crippen molar-refractivity contribution in [1.29, 1.82) is 0 Å². The van der Waals surface area contributed by atoms with Crippen LogP contribution in [0, 0.1) is 20.8 Å². The molecule has 3 heterocycles. The lowest BCUT2D eigenvalue weighted by atomic mass is 10.2. The summed E-state index contributed by atoms with van der Waals surface area (Å²) < 4.78 is 30.8. The van der Waals surface area contributed by atoms with Crippen molar-refractivity contribution in [3.8, 4) is 5.69 Å². The molecule has 2 aliphatic rings. The molecule has 0 fully saturated rings. The van der Waals surface area contributed by atoms with Gasteiger partial charge in [0.05, 0.1) is 9.10 Å². The van der Waals surface area contributed by atoms with Gasteiger partial charge in [-0.15, -0.1) is 34.4 Å². The first kappa shape index (κ1) is 22.1. The van der Waals surface area contributed by atoms with E-state index in [4.69, 9.17) is 0 Å². The first-order valence-corrected chi connectivity index (χ1v) is 13.7. The van der Waals surface area contributed by atoms with Crippen molar-refractivity contribution >= 4 is 50.3 Å². The van der Waals surface area contributed by atoms with Gasteiger partial charge in [-0.05, 0) is 50.8 Å². The highest BCUT2D eigenvalue weighted by Crippen LogP contribution is 2.38. The van der Waals surface area contributed by atoms with Crippen LogP contribution in [0.4, 0.5) is 5.82 Å². The Labute approximate surface area is 193 Å². The minimum absolute atomic E-state index is 0.0727. The van der Waals surface area contributed by atoms with E-state index in [0.717, 1.165) is 32.5 Å². The Hall–Kier alpha value is -2.14. The number of fused-ring (bicyclic) bond motifs is 1. The summed E-state index contributed by atoms with van der Waals surface area (Å²) in [6, 6.07) is 10.7. The predicted octanol–water partition coefficient (Wildman–Crippen LogP) is 4.85. The van der Waals surface area contributed by atoms with Gasteiger partial charge in [0.2, 0.25) is 0 Å². The predicted molar refractivity (Wildman–Crippen MR) is 129 cm³/mol. The van der Waals surface area contributed by atoms with Crippen LogP contribution in [-0.2, 0) is 16.4 Å². The minimum Gasteiger partial charge on any atom is -0.261 e. The van der Waals surface area contributed by atoms with Crippen LogP contribution in [0.1, 0.15) is 21.0 Å². The highest BCUT2D eigenvalue weighted by Gasteiger charge is 2.26. The molecule has 4 rings (SSSR count). The van der Waals surface area contributed by atoms with Crippen molar-refractivity contribution in [2.75, 3.05) is 10.5 Å². The van der Waals surface area contributed by atoms with Crippen LogP contribution >= 0.6 is 34.4 Å². The number of anilines is 1. The van der Waals surface area contributed by atoms with E-state index in [0.29, 0.717) is 5.69 Å². The fourth-order valence-electron chi connectivity index (χ4n) is 3.09. The van der Waals surface area contributed by atoms with Gasteiger partial charge < -0.3 is 0 Å². The second-order valence-electron chi connectivity index (χ2n) is 7.05. The molecule has 2 aliphatic heterocycles. The Morgan fingerprint density at radius 2 is 1.87 bits per heavy atom. The van der Waals surface area contributed by atoms with Gasteiger partial charge in [-0.3, -0.25) is 9.29 Å². The Morgan fingerprint density at radius 1 is 1.13 bits per heavy atom. The van der Waals surface area contributed by atoms with Crippen molar-refractivity contribution in [3.63, 3.8) is 0 Å². The van der Waals surface area contributed by atoms with E-state index in [-0.39, 0.29) is 10.7 Å². The SMILES string of the molecule is Cc1ccc(S(=O)(=O)Nc2nc(=O)n3c(C)c(C)sc(SCCc4cccs4)c2-3)cc1. The molecule has 1 aromatic heterocycles. The Bertz CT molecular complexity index is 1340. The third-order valence-electron chi connectivity index (χ3n) is 4.85. The Balaban J connectivity index is 1.71. The molecule has 10 heteroatoms. The molecule has 6 nitrogen and oxygen atoms in total. The lowest BCUT2D eigenvalue weighted by molar-refractivity contribution is 0.601. The lowest BCUT2D eigenvalue weighted by Gasteiger charge is -2.16. The molecule has 0 amide bonds.